The lowest BCUT2D eigenvalue weighted by molar-refractivity contribution is 0.0996. The van der Waals surface area contributed by atoms with Crippen molar-refractivity contribution in [3.63, 3.8) is 0 Å². The van der Waals surface area contributed by atoms with E-state index >= 15 is 0 Å². The normalized spacial score (nSPS) is 10.2. The predicted molar refractivity (Wildman–Crippen MR) is 76.0 cm³/mol. The number of halogens is 1. The number of carbonyl (C=O) groups is 1. The van der Waals surface area contributed by atoms with Crippen LogP contribution in [0.5, 0.6) is 5.88 Å². The Bertz CT molecular complexity index is 600. The average Bonchev–Trinajstić information content (AvgIpc) is 2.81. The van der Waals surface area contributed by atoms with Gasteiger partial charge in [-0.15, -0.1) is 11.3 Å². The minimum Gasteiger partial charge on any atom is -0.480 e. The second-order valence-corrected chi connectivity index (χ2v) is 5.10. The molecular formula is C12H12ClN3O2S. The molecule has 7 heteroatoms. The molecular weight excluding hydrogens is 286 g/mol. The topological polar surface area (TPSA) is 77.2 Å². The van der Waals surface area contributed by atoms with Gasteiger partial charge in [0, 0.05) is 4.88 Å². The maximum absolute atomic E-state index is 11.3. The van der Waals surface area contributed by atoms with E-state index in [1.54, 1.807) is 23.6 Å². The number of hydrogen-bond acceptors (Lipinski definition) is 5. The minimum absolute atomic E-state index is 0.215. The molecule has 0 bridgehead atoms. The minimum atomic E-state index is -0.581. The number of nitrogens with zero attached hydrogens (tertiary/aromatic N) is 1. The maximum Gasteiger partial charge on any atom is 0.254 e. The summed E-state index contributed by atoms with van der Waals surface area (Å²) >= 11 is 7.55. The van der Waals surface area contributed by atoms with Crippen LogP contribution in [0.3, 0.4) is 0 Å². The maximum atomic E-state index is 11.3. The summed E-state index contributed by atoms with van der Waals surface area (Å²) in [5, 5.41) is 5.77. The molecule has 0 radical (unpaired) electrons. The highest BCUT2D eigenvalue weighted by atomic mass is 35.5. The molecule has 0 aromatic carbocycles. The molecule has 100 valence electrons. The molecule has 0 atom stereocenters. The van der Waals surface area contributed by atoms with Gasteiger partial charge in [0.1, 0.15) is 5.56 Å². The third-order valence-corrected chi connectivity index (χ3v) is 3.84. The quantitative estimate of drug-likeness (QED) is 0.889. The molecule has 2 heterocycles. The molecule has 19 heavy (non-hydrogen) atoms. The van der Waals surface area contributed by atoms with Crippen LogP contribution >= 0.6 is 22.9 Å². The van der Waals surface area contributed by atoms with Crippen LogP contribution in [0.25, 0.3) is 0 Å². The molecule has 3 N–H and O–H groups in total. The Morgan fingerprint density at radius 2 is 2.42 bits per heavy atom. The first-order valence-electron chi connectivity index (χ1n) is 5.41. The number of rotatable bonds is 5. The van der Waals surface area contributed by atoms with Crippen LogP contribution in [0, 0.1) is 0 Å². The van der Waals surface area contributed by atoms with Gasteiger partial charge in [0.25, 0.3) is 5.91 Å². The third kappa shape index (κ3) is 3.15. The summed E-state index contributed by atoms with van der Waals surface area (Å²) in [6.07, 6.45) is 1.58. The number of nitrogens with one attached hydrogen (secondary N) is 1. The van der Waals surface area contributed by atoms with Gasteiger partial charge in [0.2, 0.25) is 5.88 Å². The first-order chi connectivity index (χ1) is 9.11. The number of carbonyl (C=O) groups excluding carboxylic acids is 1. The zero-order valence-corrected chi connectivity index (χ0v) is 11.7. The molecule has 0 saturated heterocycles. The SMILES string of the molecule is COc1ncc(NCc2sccc2Cl)cc1C(N)=O. The lowest BCUT2D eigenvalue weighted by Gasteiger charge is -2.09. The van der Waals surface area contributed by atoms with Gasteiger partial charge < -0.3 is 15.8 Å². The Morgan fingerprint density at radius 1 is 1.63 bits per heavy atom. The van der Waals surface area contributed by atoms with Crippen molar-refractivity contribution < 1.29 is 9.53 Å². The Hall–Kier alpha value is -1.79. The van der Waals surface area contributed by atoms with E-state index in [1.165, 1.54) is 7.11 Å². The van der Waals surface area contributed by atoms with Crippen molar-refractivity contribution in [2.75, 3.05) is 12.4 Å². The van der Waals surface area contributed by atoms with Gasteiger partial charge in [0.05, 0.1) is 30.6 Å². The largest absolute Gasteiger partial charge is 0.480 e. The molecule has 0 aliphatic carbocycles. The first kappa shape index (κ1) is 13.6. The molecule has 1 amide bonds. The van der Waals surface area contributed by atoms with Crippen LogP contribution in [-0.2, 0) is 6.54 Å². The number of nitrogens with two attached hydrogens (primary N) is 1. The van der Waals surface area contributed by atoms with Gasteiger partial charge in [-0.2, -0.15) is 0 Å². The van der Waals surface area contributed by atoms with E-state index in [4.69, 9.17) is 22.1 Å². The molecule has 2 aromatic heterocycles. The van der Waals surface area contributed by atoms with Gasteiger partial charge >= 0.3 is 0 Å². The van der Waals surface area contributed by atoms with Crippen molar-refractivity contribution in [2.24, 2.45) is 5.73 Å². The summed E-state index contributed by atoms with van der Waals surface area (Å²) in [5.41, 5.74) is 6.19. The third-order valence-electron chi connectivity index (χ3n) is 2.45. The highest BCUT2D eigenvalue weighted by Gasteiger charge is 2.11. The summed E-state index contributed by atoms with van der Waals surface area (Å²) in [7, 11) is 1.44. The van der Waals surface area contributed by atoms with E-state index in [0.717, 1.165) is 4.88 Å². The molecule has 0 aliphatic heterocycles. The molecule has 2 aromatic rings. The number of ether oxygens (including phenoxy) is 1. The number of primary amides is 1. The Kier molecular flexibility index (Phi) is 4.24. The Morgan fingerprint density at radius 3 is 3.00 bits per heavy atom. The van der Waals surface area contributed by atoms with E-state index in [1.807, 2.05) is 11.4 Å². The Balaban J connectivity index is 2.15. The summed E-state index contributed by atoms with van der Waals surface area (Å²) in [5.74, 6) is -0.366. The van der Waals surface area contributed by atoms with Crippen LogP contribution < -0.4 is 15.8 Å². The lowest BCUT2D eigenvalue weighted by atomic mass is 10.2. The van der Waals surface area contributed by atoms with Crippen LogP contribution in [0.4, 0.5) is 5.69 Å². The second-order valence-electron chi connectivity index (χ2n) is 3.69. The number of anilines is 1. The summed E-state index contributed by atoms with van der Waals surface area (Å²) < 4.78 is 4.97. The number of hydrogen-bond donors (Lipinski definition) is 2. The number of aromatic nitrogens is 1. The lowest BCUT2D eigenvalue weighted by Crippen LogP contribution is -2.14. The summed E-state index contributed by atoms with van der Waals surface area (Å²) in [6, 6.07) is 3.44. The van der Waals surface area contributed by atoms with Crippen LogP contribution in [0.15, 0.2) is 23.7 Å². The standard InChI is InChI=1S/C12H12ClN3O2S/c1-18-12-8(11(14)17)4-7(5-16-12)15-6-10-9(13)2-3-19-10/h2-5,15H,6H2,1H3,(H2,14,17). The van der Waals surface area contributed by atoms with E-state index < -0.39 is 5.91 Å². The number of amides is 1. The van der Waals surface area contributed by atoms with Crippen molar-refractivity contribution in [3.05, 3.63) is 39.2 Å². The van der Waals surface area contributed by atoms with Gasteiger partial charge in [-0.1, -0.05) is 11.6 Å². The van der Waals surface area contributed by atoms with Crippen molar-refractivity contribution in [1.29, 1.82) is 0 Å². The van der Waals surface area contributed by atoms with E-state index in [2.05, 4.69) is 10.3 Å². The van der Waals surface area contributed by atoms with Crippen LogP contribution in [0.2, 0.25) is 5.02 Å². The van der Waals surface area contributed by atoms with Crippen molar-refractivity contribution in [2.45, 2.75) is 6.54 Å². The fraction of sp³-hybridized carbons (Fsp3) is 0.167. The molecule has 0 unspecified atom stereocenters. The number of methoxy groups -OCH3 is 1. The van der Waals surface area contributed by atoms with Gasteiger partial charge in [-0.3, -0.25) is 4.79 Å². The fourth-order valence-electron chi connectivity index (χ4n) is 1.52. The monoisotopic (exact) mass is 297 g/mol. The van der Waals surface area contributed by atoms with Crippen molar-refractivity contribution in [3.8, 4) is 5.88 Å². The molecule has 0 aliphatic rings. The molecule has 0 fully saturated rings. The smallest absolute Gasteiger partial charge is 0.254 e. The number of pyridine rings is 1. The highest BCUT2D eigenvalue weighted by molar-refractivity contribution is 7.10. The average molecular weight is 298 g/mol. The zero-order valence-electron chi connectivity index (χ0n) is 10.1. The van der Waals surface area contributed by atoms with Crippen LogP contribution in [0.1, 0.15) is 15.2 Å². The Labute approximate surface area is 119 Å². The van der Waals surface area contributed by atoms with Gasteiger partial charge in [0.15, 0.2) is 0 Å². The summed E-state index contributed by atoms with van der Waals surface area (Å²) in [4.78, 5) is 16.3. The van der Waals surface area contributed by atoms with Crippen LogP contribution in [-0.4, -0.2) is 18.0 Å². The van der Waals surface area contributed by atoms with E-state index in [-0.39, 0.29) is 11.4 Å². The van der Waals surface area contributed by atoms with Gasteiger partial charge in [-0.05, 0) is 17.5 Å². The molecule has 0 spiro atoms. The first-order valence-corrected chi connectivity index (χ1v) is 6.67. The second kappa shape index (κ2) is 5.90. The van der Waals surface area contributed by atoms with E-state index in [0.29, 0.717) is 17.3 Å². The highest BCUT2D eigenvalue weighted by Crippen LogP contribution is 2.24. The van der Waals surface area contributed by atoms with Gasteiger partial charge in [-0.25, -0.2) is 4.98 Å². The summed E-state index contributed by atoms with van der Waals surface area (Å²) in [6.45, 7) is 0.558. The number of thiophene rings is 1. The van der Waals surface area contributed by atoms with Crippen molar-refractivity contribution >= 4 is 34.5 Å². The molecule has 2 rings (SSSR count). The zero-order chi connectivity index (χ0) is 13.8. The van der Waals surface area contributed by atoms with E-state index in [9.17, 15) is 4.79 Å². The molecule has 0 saturated carbocycles. The predicted octanol–water partition coefficient (Wildman–Crippen LogP) is 2.52. The van der Waals surface area contributed by atoms with Crippen molar-refractivity contribution in [1.82, 2.24) is 4.98 Å². The fourth-order valence-corrected chi connectivity index (χ4v) is 2.56. The molecule has 5 nitrogen and oxygen atoms in total.